The number of benzene rings is 1. The predicted octanol–water partition coefficient (Wildman–Crippen LogP) is 3.18. The summed E-state index contributed by atoms with van der Waals surface area (Å²) >= 11 is 1.51. The van der Waals surface area contributed by atoms with Gasteiger partial charge >= 0.3 is 0 Å². The molecule has 0 unspecified atom stereocenters. The lowest BCUT2D eigenvalue weighted by molar-refractivity contribution is 0.0949. The second-order valence-corrected chi connectivity index (χ2v) is 10.6. The normalized spacial score (nSPS) is 18.9. The van der Waals surface area contributed by atoms with Gasteiger partial charge in [-0.25, -0.2) is 15.0 Å². The lowest BCUT2D eigenvalue weighted by Gasteiger charge is -2.32. The average Bonchev–Trinajstić information content (AvgIpc) is 3.21. The summed E-state index contributed by atoms with van der Waals surface area (Å²) < 4.78 is 1.06. The van der Waals surface area contributed by atoms with Crippen LogP contribution in [0.5, 0.6) is 0 Å². The Morgan fingerprint density at radius 1 is 1.11 bits per heavy atom. The van der Waals surface area contributed by atoms with Gasteiger partial charge in [0.15, 0.2) is 0 Å². The molecule has 1 fully saturated rings. The molecular weight excluding hydrogens is 470 g/mol. The van der Waals surface area contributed by atoms with Gasteiger partial charge in [-0.1, -0.05) is 0 Å². The molecular formula is C27H27N7OS. The van der Waals surface area contributed by atoms with Gasteiger partial charge in [-0.05, 0) is 50.2 Å². The molecule has 8 nitrogen and oxygen atoms in total. The number of amides is 1. The summed E-state index contributed by atoms with van der Waals surface area (Å²) in [4.78, 5) is 32.3. The Morgan fingerprint density at radius 3 is 2.75 bits per heavy atom. The van der Waals surface area contributed by atoms with E-state index in [2.05, 4.69) is 49.4 Å². The SMILES string of the molecule is C#Cc1nc(CN2CCN(C)CC2)cc(-c2ccc3c(ccc4sc5c(c43)NC[C@@H](C)NC5=O)n2)n1. The van der Waals surface area contributed by atoms with E-state index in [4.69, 9.17) is 11.4 Å². The molecule has 2 aliphatic heterocycles. The number of nitrogens with one attached hydrogen (secondary N) is 2. The van der Waals surface area contributed by atoms with Crippen LogP contribution in [-0.4, -0.2) is 76.5 Å². The third-order valence-corrected chi connectivity index (χ3v) is 8.00. The molecule has 3 aromatic heterocycles. The minimum atomic E-state index is -0.0305. The van der Waals surface area contributed by atoms with E-state index in [9.17, 15) is 4.79 Å². The number of fused-ring (bicyclic) bond motifs is 5. The van der Waals surface area contributed by atoms with Gasteiger partial charge in [0.05, 0.1) is 28.3 Å². The van der Waals surface area contributed by atoms with Crippen LogP contribution in [0.1, 0.15) is 28.1 Å². The molecule has 2 aliphatic rings. The van der Waals surface area contributed by atoms with Gasteiger partial charge in [0.1, 0.15) is 4.88 Å². The molecule has 1 saturated heterocycles. The number of nitrogens with zero attached hydrogens (tertiary/aromatic N) is 5. The van der Waals surface area contributed by atoms with E-state index < -0.39 is 0 Å². The number of likely N-dealkylation sites (N-methyl/N-ethyl adjacent to an activating group) is 1. The first kappa shape index (κ1) is 22.9. The first-order chi connectivity index (χ1) is 17.5. The van der Waals surface area contributed by atoms with E-state index in [1.54, 1.807) is 0 Å². The number of anilines is 1. The summed E-state index contributed by atoms with van der Waals surface area (Å²) in [7, 11) is 2.15. The summed E-state index contributed by atoms with van der Waals surface area (Å²) in [6, 6.07) is 10.2. The predicted molar refractivity (Wildman–Crippen MR) is 144 cm³/mol. The monoisotopic (exact) mass is 497 g/mol. The smallest absolute Gasteiger partial charge is 0.263 e. The van der Waals surface area contributed by atoms with E-state index >= 15 is 0 Å². The quantitative estimate of drug-likeness (QED) is 0.421. The number of rotatable bonds is 3. The van der Waals surface area contributed by atoms with Crippen LogP contribution >= 0.6 is 11.3 Å². The number of aromatic nitrogens is 3. The van der Waals surface area contributed by atoms with E-state index in [0.717, 1.165) is 76.5 Å². The summed E-state index contributed by atoms with van der Waals surface area (Å²) in [6.07, 6.45) is 5.70. The van der Waals surface area contributed by atoms with Crippen molar-refractivity contribution < 1.29 is 4.79 Å². The second-order valence-electron chi connectivity index (χ2n) is 9.56. The van der Waals surface area contributed by atoms with E-state index in [0.29, 0.717) is 17.2 Å². The molecule has 1 aromatic carbocycles. The highest BCUT2D eigenvalue weighted by Crippen LogP contribution is 2.41. The fourth-order valence-electron chi connectivity index (χ4n) is 4.88. The lowest BCUT2D eigenvalue weighted by Crippen LogP contribution is -2.44. The number of piperazine rings is 1. The fraction of sp³-hybridized carbons (Fsp3) is 0.333. The maximum Gasteiger partial charge on any atom is 0.263 e. The largest absolute Gasteiger partial charge is 0.381 e. The Hall–Kier alpha value is -3.58. The third kappa shape index (κ3) is 4.17. The lowest BCUT2D eigenvalue weighted by atomic mass is 10.1. The van der Waals surface area contributed by atoms with Crippen LogP contribution in [0, 0.1) is 12.3 Å². The van der Waals surface area contributed by atoms with Gasteiger partial charge < -0.3 is 15.5 Å². The zero-order valence-corrected chi connectivity index (χ0v) is 21.2. The van der Waals surface area contributed by atoms with E-state index in [1.165, 1.54) is 11.3 Å². The highest BCUT2D eigenvalue weighted by Gasteiger charge is 2.25. The Balaban J connectivity index is 1.39. The minimum Gasteiger partial charge on any atom is -0.381 e. The van der Waals surface area contributed by atoms with Crippen molar-refractivity contribution in [3.63, 3.8) is 0 Å². The van der Waals surface area contributed by atoms with Gasteiger partial charge in [0.2, 0.25) is 5.82 Å². The first-order valence-corrected chi connectivity index (χ1v) is 13.0. The zero-order valence-electron chi connectivity index (χ0n) is 20.3. The fourth-order valence-corrected chi connectivity index (χ4v) is 5.98. The van der Waals surface area contributed by atoms with Crippen molar-refractivity contribution in [1.82, 2.24) is 30.1 Å². The van der Waals surface area contributed by atoms with Gasteiger partial charge in [0, 0.05) is 60.8 Å². The van der Waals surface area contributed by atoms with Crippen molar-refractivity contribution in [1.29, 1.82) is 0 Å². The molecule has 1 amide bonds. The maximum absolute atomic E-state index is 12.7. The van der Waals surface area contributed by atoms with Crippen LogP contribution in [0.25, 0.3) is 32.4 Å². The molecule has 182 valence electrons. The molecule has 9 heteroatoms. The van der Waals surface area contributed by atoms with Gasteiger partial charge in [0.25, 0.3) is 5.91 Å². The molecule has 0 radical (unpaired) electrons. The number of thiophene rings is 1. The van der Waals surface area contributed by atoms with E-state index in [1.807, 2.05) is 31.2 Å². The Morgan fingerprint density at radius 2 is 1.94 bits per heavy atom. The standard InChI is InChI=1S/C27H27N7OS/c1-4-23-30-17(15-34-11-9-33(3)10-12-34)13-21(32-23)20-6-5-18-19(31-20)7-8-22-24(18)25-26(36-22)27(35)29-16(2)14-28-25/h1,5-8,13,16,28H,9-12,14-15H2,2-3H3,(H,29,35)/t16-/m1/s1. The second kappa shape index (κ2) is 9.13. The maximum atomic E-state index is 12.7. The van der Waals surface area contributed by atoms with E-state index in [-0.39, 0.29) is 11.9 Å². The topological polar surface area (TPSA) is 86.3 Å². The van der Waals surface area contributed by atoms with Gasteiger partial charge in [-0.2, -0.15) is 0 Å². The molecule has 5 heterocycles. The van der Waals surface area contributed by atoms with Crippen LogP contribution in [0.2, 0.25) is 0 Å². The van der Waals surface area contributed by atoms with Crippen LogP contribution in [-0.2, 0) is 6.54 Å². The van der Waals surface area contributed by atoms with Crippen molar-refractivity contribution in [2.45, 2.75) is 19.5 Å². The summed E-state index contributed by atoms with van der Waals surface area (Å²) in [5.74, 6) is 2.95. The third-order valence-electron chi connectivity index (χ3n) is 6.84. The molecule has 0 bridgehead atoms. The van der Waals surface area contributed by atoms with Crippen molar-refractivity contribution >= 4 is 43.9 Å². The van der Waals surface area contributed by atoms with Crippen molar-refractivity contribution in [3.8, 4) is 23.7 Å². The number of carbonyl (C=O) groups is 1. The molecule has 2 N–H and O–H groups in total. The van der Waals surface area contributed by atoms with Crippen molar-refractivity contribution in [3.05, 3.63) is 46.7 Å². The molecule has 1 atom stereocenters. The van der Waals surface area contributed by atoms with Crippen LogP contribution < -0.4 is 10.6 Å². The molecule has 36 heavy (non-hydrogen) atoms. The van der Waals surface area contributed by atoms with Gasteiger partial charge in [-0.15, -0.1) is 17.8 Å². The Labute approximate surface area is 213 Å². The summed E-state index contributed by atoms with van der Waals surface area (Å²) in [5, 5.41) is 8.57. The highest BCUT2D eigenvalue weighted by atomic mass is 32.1. The number of terminal acetylenes is 1. The average molecular weight is 498 g/mol. The molecule has 0 aliphatic carbocycles. The number of hydrogen-bond donors (Lipinski definition) is 2. The number of hydrogen-bond acceptors (Lipinski definition) is 8. The number of carbonyl (C=O) groups excluding carboxylic acids is 1. The molecule has 6 rings (SSSR count). The zero-order chi connectivity index (χ0) is 24.8. The number of pyridine rings is 1. The summed E-state index contributed by atoms with van der Waals surface area (Å²) in [6.45, 7) is 7.50. The van der Waals surface area contributed by atoms with Crippen LogP contribution in [0.15, 0.2) is 30.3 Å². The van der Waals surface area contributed by atoms with Crippen molar-refractivity contribution in [2.24, 2.45) is 0 Å². The first-order valence-electron chi connectivity index (χ1n) is 12.2. The molecule has 0 saturated carbocycles. The van der Waals surface area contributed by atoms with Crippen LogP contribution in [0.4, 0.5) is 5.69 Å². The highest BCUT2D eigenvalue weighted by molar-refractivity contribution is 7.21. The minimum absolute atomic E-state index is 0.0305. The van der Waals surface area contributed by atoms with Crippen molar-refractivity contribution in [2.75, 3.05) is 45.1 Å². The summed E-state index contributed by atoms with van der Waals surface area (Å²) in [5.41, 5.74) is 4.12. The molecule has 4 aromatic rings. The van der Waals surface area contributed by atoms with Gasteiger partial charge in [-0.3, -0.25) is 9.69 Å². The van der Waals surface area contributed by atoms with Crippen LogP contribution in [0.3, 0.4) is 0 Å². The Kier molecular flexibility index (Phi) is 5.80. The Bertz CT molecular complexity index is 1530. The molecule has 0 spiro atoms.